The second kappa shape index (κ2) is 8.97. The lowest BCUT2D eigenvalue weighted by Crippen LogP contribution is -2.29. The maximum Gasteiger partial charge on any atom is 0.245 e. The summed E-state index contributed by atoms with van der Waals surface area (Å²) in [7, 11) is 3.47. The average molecular weight is 388 g/mol. The molecule has 0 aliphatic heterocycles. The zero-order chi connectivity index (χ0) is 15.0. The van der Waals surface area contributed by atoms with Crippen molar-refractivity contribution in [2.24, 2.45) is 0 Å². The molecule has 1 unspecified atom stereocenters. The van der Waals surface area contributed by atoms with Crippen LogP contribution in [0.3, 0.4) is 0 Å². The topological polar surface area (TPSA) is 41.6 Å². The lowest BCUT2D eigenvalue weighted by molar-refractivity contribution is -0.123. The third-order valence-corrected chi connectivity index (χ3v) is 3.27. The molecule has 5 heteroatoms. The van der Waals surface area contributed by atoms with Crippen molar-refractivity contribution in [2.75, 3.05) is 27.2 Å². The zero-order valence-corrected chi connectivity index (χ0v) is 14.3. The molecule has 1 aromatic carbocycles. The van der Waals surface area contributed by atoms with Gasteiger partial charge >= 0.3 is 0 Å². The Labute approximate surface area is 134 Å². The normalized spacial score (nSPS) is 12.4. The molecule has 110 valence electrons. The highest BCUT2D eigenvalue weighted by Gasteiger charge is 2.03. The van der Waals surface area contributed by atoms with Crippen LogP contribution in [-0.2, 0) is 4.79 Å². The first kappa shape index (κ1) is 17.0. The molecule has 0 radical (unpaired) electrons. The van der Waals surface area contributed by atoms with Crippen LogP contribution in [0.25, 0.3) is 0 Å². The van der Waals surface area contributed by atoms with Crippen LogP contribution in [0.4, 0.5) is 0 Å². The molecule has 1 atom stereocenters. The highest BCUT2D eigenvalue weighted by molar-refractivity contribution is 14.1. The van der Waals surface area contributed by atoms with Crippen LogP contribution in [0.2, 0.25) is 0 Å². The van der Waals surface area contributed by atoms with Crippen LogP contribution in [0, 0.1) is 3.57 Å². The minimum atomic E-state index is -0.00464. The molecule has 0 heterocycles. The van der Waals surface area contributed by atoms with Gasteiger partial charge in [0.15, 0.2) is 0 Å². The number of carbonyl (C=O) groups is 1. The highest BCUT2D eigenvalue weighted by atomic mass is 127. The summed E-state index contributed by atoms with van der Waals surface area (Å²) in [6.45, 7) is 3.39. The first-order chi connectivity index (χ1) is 9.49. The van der Waals surface area contributed by atoms with Gasteiger partial charge in [0.25, 0.3) is 0 Å². The predicted molar refractivity (Wildman–Crippen MR) is 90.0 cm³/mol. The van der Waals surface area contributed by atoms with Gasteiger partial charge in [-0.3, -0.25) is 4.79 Å². The Morgan fingerprint density at radius 3 is 2.65 bits per heavy atom. The highest BCUT2D eigenvalue weighted by Crippen LogP contribution is 2.14. The molecule has 0 bridgehead atoms. The Hall–Kier alpha value is -1.08. The van der Waals surface area contributed by atoms with E-state index < -0.39 is 0 Å². The van der Waals surface area contributed by atoms with Crippen molar-refractivity contribution in [2.45, 2.75) is 13.0 Å². The monoisotopic (exact) mass is 388 g/mol. The number of carbonyl (C=O) groups excluding carboxylic acids is 1. The van der Waals surface area contributed by atoms with Crippen LogP contribution < -0.4 is 10.1 Å². The van der Waals surface area contributed by atoms with Gasteiger partial charge in [0.05, 0.1) is 0 Å². The Morgan fingerprint density at radius 1 is 1.40 bits per heavy atom. The zero-order valence-electron chi connectivity index (χ0n) is 12.1. The number of benzene rings is 1. The van der Waals surface area contributed by atoms with Gasteiger partial charge in [0, 0.05) is 36.8 Å². The molecule has 20 heavy (non-hydrogen) atoms. The lowest BCUT2D eigenvalue weighted by atomic mass is 10.3. The number of hydrogen-bond donors (Lipinski definition) is 1. The quantitative estimate of drug-likeness (QED) is 0.443. The minimum absolute atomic E-state index is 0.00464. The molecule has 0 aromatic heterocycles. The van der Waals surface area contributed by atoms with E-state index in [2.05, 4.69) is 27.9 Å². The Kier molecular flexibility index (Phi) is 7.61. The van der Waals surface area contributed by atoms with Crippen molar-refractivity contribution in [1.29, 1.82) is 0 Å². The summed E-state index contributed by atoms with van der Waals surface area (Å²) in [5.41, 5.74) is 0. The van der Waals surface area contributed by atoms with E-state index >= 15 is 0 Å². The number of hydrogen-bond acceptors (Lipinski definition) is 3. The molecule has 4 nitrogen and oxygen atoms in total. The van der Waals surface area contributed by atoms with Crippen LogP contribution in [-0.4, -0.2) is 44.1 Å². The van der Waals surface area contributed by atoms with E-state index in [1.807, 2.05) is 37.3 Å². The third kappa shape index (κ3) is 6.91. The largest absolute Gasteiger partial charge is 0.489 e. The van der Waals surface area contributed by atoms with E-state index in [1.165, 1.54) is 3.57 Å². The number of amides is 1. The van der Waals surface area contributed by atoms with Crippen LogP contribution in [0.15, 0.2) is 36.4 Å². The molecular formula is C15H21IN2O2. The Balaban J connectivity index is 2.22. The third-order valence-electron chi connectivity index (χ3n) is 2.55. The summed E-state index contributed by atoms with van der Waals surface area (Å²) in [6, 6.07) is 7.97. The molecule has 1 rings (SSSR count). The molecule has 0 aliphatic rings. The van der Waals surface area contributed by atoms with Crippen LogP contribution in [0.1, 0.15) is 6.92 Å². The lowest BCUT2D eigenvalue weighted by Gasteiger charge is -2.15. The Bertz CT molecular complexity index is 444. The molecule has 0 aliphatic carbocycles. The summed E-state index contributed by atoms with van der Waals surface area (Å²) in [5, 5.41) is 3.23. The average Bonchev–Trinajstić information content (AvgIpc) is 2.40. The predicted octanol–water partition coefficient (Wildman–Crippen LogP) is 2.29. The fourth-order valence-corrected chi connectivity index (χ4v) is 1.83. The van der Waals surface area contributed by atoms with Gasteiger partial charge in [-0.25, -0.2) is 0 Å². The first-order valence-electron chi connectivity index (χ1n) is 6.50. The standard InChI is InChI=1S/C15H21IN2O2/c1-12(20-14-8-6-13(16)7-9-14)11-17-10-4-5-15(19)18(2)3/h4-9,12,17H,10-11H2,1-3H3. The summed E-state index contributed by atoms with van der Waals surface area (Å²) >= 11 is 2.27. The maximum absolute atomic E-state index is 11.3. The number of ether oxygens (including phenoxy) is 1. The summed E-state index contributed by atoms with van der Waals surface area (Å²) < 4.78 is 6.96. The molecule has 0 spiro atoms. The van der Waals surface area contributed by atoms with E-state index in [9.17, 15) is 4.79 Å². The smallest absolute Gasteiger partial charge is 0.245 e. The first-order valence-corrected chi connectivity index (χ1v) is 7.57. The number of nitrogens with zero attached hydrogens (tertiary/aromatic N) is 1. The number of halogens is 1. The molecule has 0 fully saturated rings. The van der Waals surface area contributed by atoms with Gasteiger partial charge in [-0.2, -0.15) is 0 Å². The summed E-state index contributed by atoms with van der Waals surface area (Å²) in [4.78, 5) is 12.8. The molecule has 0 saturated carbocycles. The summed E-state index contributed by atoms with van der Waals surface area (Å²) in [5.74, 6) is 0.869. The van der Waals surface area contributed by atoms with Gasteiger partial charge in [-0.15, -0.1) is 0 Å². The second-order valence-electron chi connectivity index (χ2n) is 4.68. The van der Waals surface area contributed by atoms with Crippen molar-refractivity contribution >= 4 is 28.5 Å². The molecule has 0 saturated heterocycles. The van der Waals surface area contributed by atoms with Gasteiger partial charge in [0.1, 0.15) is 11.9 Å². The van der Waals surface area contributed by atoms with E-state index in [0.717, 1.165) is 12.3 Å². The number of rotatable bonds is 7. The van der Waals surface area contributed by atoms with Crippen molar-refractivity contribution in [3.8, 4) is 5.75 Å². The second-order valence-corrected chi connectivity index (χ2v) is 5.92. The van der Waals surface area contributed by atoms with Crippen molar-refractivity contribution < 1.29 is 9.53 Å². The van der Waals surface area contributed by atoms with E-state index in [0.29, 0.717) is 6.54 Å². The molecule has 1 N–H and O–H groups in total. The van der Waals surface area contributed by atoms with E-state index in [4.69, 9.17) is 4.74 Å². The van der Waals surface area contributed by atoms with Crippen LogP contribution in [0.5, 0.6) is 5.75 Å². The molecule has 1 aromatic rings. The minimum Gasteiger partial charge on any atom is -0.489 e. The summed E-state index contributed by atoms with van der Waals surface area (Å²) in [6.07, 6.45) is 3.46. The Morgan fingerprint density at radius 2 is 2.05 bits per heavy atom. The van der Waals surface area contributed by atoms with Gasteiger partial charge in [-0.1, -0.05) is 6.08 Å². The van der Waals surface area contributed by atoms with Crippen molar-refractivity contribution in [3.05, 3.63) is 40.0 Å². The molecule has 1 amide bonds. The van der Waals surface area contributed by atoms with E-state index in [1.54, 1.807) is 25.1 Å². The van der Waals surface area contributed by atoms with E-state index in [-0.39, 0.29) is 12.0 Å². The maximum atomic E-state index is 11.3. The van der Waals surface area contributed by atoms with Gasteiger partial charge in [0.2, 0.25) is 5.91 Å². The molecular weight excluding hydrogens is 367 g/mol. The van der Waals surface area contributed by atoms with Gasteiger partial charge < -0.3 is 15.0 Å². The fraction of sp³-hybridized carbons (Fsp3) is 0.400. The fourth-order valence-electron chi connectivity index (χ4n) is 1.47. The number of likely N-dealkylation sites (N-methyl/N-ethyl adjacent to an activating group) is 1. The van der Waals surface area contributed by atoms with Crippen molar-refractivity contribution in [1.82, 2.24) is 10.2 Å². The van der Waals surface area contributed by atoms with Crippen molar-refractivity contribution in [3.63, 3.8) is 0 Å². The van der Waals surface area contributed by atoms with Crippen LogP contribution >= 0.6 is 22.6 Å². The van der Waals surface area contributed by atoms with Gasteiger partial charge in [-0.05, 0) is 53.8 Å². The number of nitrogens with one attached hydrogen (secondary N) is 1. The SMILES string of the molecule is CC(CNCC=CC(=O)N(C)C)Oc1ccc(I)cc1.